The van der Waals surface area contributed by atoms with Crippen molar-refractivity contribution in [1.29, 1.82) is 0 Å². The molecule has 0 bridgehead atoms. The molecule has 3 fully saturated rings. The molecule has 0 radical (unpaired) electrons. The summed E-state index contributed by atoms with van der Waals surface area (Å²) in [6, 6.07) is 43.6. The number of aromatic hydroxyl groups is 1. The van der Waals surface area contributed by atoms with Gasteiger partial charge in [0.25, 0.3) is 0 Å². The number of anilines is 3. The Morgan fingerprint density at radius 3 is 2.11 bits per heavy atom. The fraction of sp³-hybridized carbons (Fsp3) is 0.267. The van der Waals surface area contributed by atoms with Crippen LogP contribution in [-0.4, -0.2) is 66.2 Å². The van der Waals surface area contributed by atoms with Crippen molar-refractivity contribution in [3.63, 3.8) is 0 Å². The second-order valence-electron chi connectivity index (χ2n) is 19.2. The van der Waals surface area contributed by atoms with Crippen molar-refractivity contribution in [3.8, 4) is 17.6 Å². The zero-order valence-electron chi connectivity index (χ0n) is 39.9. The molecular weight excluding hydrogens is 903 g/mol. The van der Waals surface area contributed by atoms with E-state index in [-0.39, 0.29) is 11.4 Å². The van der Waals surface area contributed by atoms with Crippen LogP contribution in [0.15, 0.2) is 169 Å². The van der Waals surface area contributed by atoms with Crippen molar-refractivity contribution in [2.75, 3.05) is 41.4 Å². The summed E-state index contributed by atoms with van der Waals surface area (Å²) in [6.07, 6.45) is 5.20. The van der Waals surface area contributed by atoms with Crippen molar-refractivity contribution in [1.82, 2.24) is 10.2 Å². The number of carbonyl (C=O) groups is 4. The Balaban J connectivity index is 1.15. The number of nitrogens with one attached hydrogen (secondary N) is 2. The number of carbonyl (C=O) groups excluding carboxylic acids is 4. The molecule has 3 N–H and O–H groups in total. The smallest absolute Gasteiger partial charge is 0.329 e. The largest absolute Gasteiger partial charge is 0.508 e. The van der Waals surface area contributed by atoms with E-state index >= 15 is 19.2 Å². The number of phenolic OH excluding ortho intramolecular Hbond substituents is 1. The average molecular weight is 958 g/mol. The number of benzene rings is 6. The SMILES string of the molecule is C[C@@H](NC(=O)N1C(=O)[C@@]2(c3cc(C#CC4=CCCCC4)ccc31)[C@H](c1ccc(O)cc1)N1[C@H](c3ccccc3)[C@H](c3ccccc3)OC(=O)[C@H]1[C@@H]2C(=O)Nc1ccc(N2CCOCC2)cc1)c1ccccc1. The maximum atomic E-state index is 16.7. The fourth-order valence-corrected chi connectivity index (χ4v) is 11.6. The zero-order valence-corrected chi connectivity index (χ0v) is 39.9. The molecule has 7 atom stereocenters. The lowest BCUT2D eigenvalue weighted by Crippen LogP contribution is -2.55. The summed E-state index contributed by atoms with van der Waals surface area (Å²) in [4.78, 5) is 68.9. The minimum atomic E-state index is -2.00. The van der Waals surface area contributed by atoms with Gasteiger partial charge < -0.3 is 30.1 Å². The van der Waals surface area contributed by atoms with Crippen LogP contribution in [0.4, 0.5) is 21.9 Å². The number of urea groups is 1. The topological polar surface area (TPSA) is 141 Å². The molecule has 12 heteroatoms. The summed E-state index contributed by atoms with van der Waals surface area (Å²) < 4.78 is 12.2. The molecule has 1 aliphatic carbocycles. The van der Waals surface area contributed by atoms with Gasteiger partial charge in [-0.25, -0.2) is 9.69 Å². The normalized spacial score (nSPS) is 24.0. The number of allylic oxidation sites excluding steroid dienone is 2. The molecule has 4 aliphatic heterocycles. The van der Waals surface area contributed by atoms with Crippen molar-refractivity contribution in [3.05, 3.63) is 203 Å². The minimum Gasteiger partial charge on any atom is -0.508 e. The summed E-state index contributed by atoms with van der Waals surface area (Å²) in [5, 5.41) is 17.1. The summed E-state index contributed by atoms with van der Waals surface area (Å²) in [5.41, 5.74) is 4.51. The Bertz CT molecular complexity index is 3090. The highest BCUT2D eigenvalue weighted by Crippen LogP contribution is 2.66. The van der Waals surface area contributed by atoms with E-state index in [1.807, 2.05) is 133 Å². The molecule has 4 amide bonds. The van der Waals surface area contributed by atoms with Crippen molar-refractivity contribution in [2.45, 2.75) is 68.3 Å². The Morgan fingerprint density at radius 1 is 0.750 bits per heavy atom. The predicted molar refractivity (Wildman–Crippen MR) is 275 cm³/mol. The van der Waals surface area contributed by atoms with Gasteiger partial charge >= 0.3 is 12.0 Å². The van der Waals surface area contributed by atoms with E-state index in [0.29, 0.717) is 41.2 Å². The molecule has 5 aliphatic rings. The van der Waals surface area contributed by atoms with Gasteiger partial charge in [-0.2, -0.15) is 0 Å². The van der Waals surface area contributed by atoms with E-state index < -0.39 is 65.4 Å². The number of rotatable bonds is 8. The third kappa shape index (κ3) is 8.38. The number of cyclic esters (lactones) is 1. The first kappa shape index (κ1) is 46.4. The van der Waals surface area contributed by atoms with E-state index in [1.54, 1.807) is 36.4 Å². The molecule has 3 saturated heterocycles. The molecule has 6 aromatic rings. The van der Waals surface area contributed by atoms with Crippen LogP contribution in [0.5, 0.6) is 5.75 Å². The van der Waals surface area contributed by atoms with Gasteiger partial charge in [0, 0.05) is 30.0 Å². The monoisotopic (exact) mass is 957 g/mol. The number of esters is 1. The van der Waals surface area contributed by atoms with Crippen molar-refractivity contribution < 1.29 is 33.8 Å². The highest BCUT2D eigenvalue weighted by Gasteiger charge is 2.75. The van der Waals surface area contributed by atoms with Crippen molar-refractivity contribution in [2.24, 2.45) is 5.92 Å². The third-order valence-corrected chi connectivity index (χ3v) is 15.0. The van der Waals surface area contributed by atoms with E-state index in [0.717, 1.165) is 66.1 Å². The molecular formula is C60H55N5O7. The van der Waals surface area contributed by atoms with Crippen LogP contribution < -0.4 is 20.4 Å². The number of amides is 4. The van der Waals surface area contributed by atoms with E-state index in [9.17, 15) is 5.11 Å². The summed E-state index contributed by atoms with van der Waals surface area (Å²) in [6.45, 7) is 4.51. The quantitative estimate of drug-likeness (QED) is 0.101. The van der Waals surface area contributed by atoms with Crippen LogP contribution in [0.25, 0.3) is 0 Å². The molecule has 11 rings (SSSR count). The Morgan fingerprint density at radius 2 is 1.43 bits per heavy atom. The molecule has 0 aromatic heterocycles. The summed E-state index contributed by atoms with van der Waals surface area (Å²) in [5.74, 6) is 3.23. The molecule has 6 aromatic carbocycles. The number of phenols is 1. The first-order valence-electron chi connectivity index (χ1n) is 24.9. The number of fused-ring (bicyclic) bond motifs is 3. The summed E-state index contributed by atoms with van der Waals surface area (Å²) >= 11 is 0. The van der Waals surface area contributed by atoms with Gasteiger partial charge in [-0.15, -0.1) is 0 Å². The number of nitrogens with zero attached hydrogens (tertiary/aromatic N) is 3. The van der Waals surface area contributed by atoms with Gasteiger partial charge in [0.05, 0.1) is 42.9 Å². The van der Waals surface area contributed by atoms with Crippen LogP contribution in [-0.2, 0) is 29.3 Å². The van der Waals surface area contributed by atoms with Gasteiger partial charge in [0.2, 0.25) is 11.8 Å². The molecule has 0 saturated carbocycles. The van der Waals surface area contributed by atoms with Crippen LogP contribution in [0.3, 0.4) is 0 Å². The van der Waals surface area contributed by atoms with Crippen LogP contribution >= 0.6 is 0 Å². The Kier molecular flexibility index (Phi) is 12.7. The average Bonchev–Trinajstić information content (AvgIpc) is 3.88. The number of hydrogen-bond acceptors (Lipinski definition) is 9. The van der Waals surface area contributed by atoms with Gasteiger partial charge in [-0.1, -0.05) is 121 Å². The number of hydrogen-bond donors (Lipinski definition) is 3. The fourth-order valence-electron chi connectivity index (χ4n) is 11.6. The Labute approximate surface area is 419 Å². The van der Waals surface area contributed by atoms with Gasteiger partial charge in [0.15, 0.2) is 0 Å². The van der Waals surface area contributed by atoms with Crippen molar-refractivity contribution >= 4 is 40.9 Å². The van der Waals surface area contributed by atoms with E-state index in [4.69, 9.17) is 9.47 Å². The maximum absolute atomic E-state index is 16.7. The van der Waals surface area contributed by atoms with Gasteiger partial charge in [-0.3, -0.25) is 19.3 Å². The minimum absolute atomic E-state index is 0.0133. The second kappa shape index (κ2) is 19.7. The lowest BCUT2D eigenvalue weighted by molar-refractivity contribution is -0.177. The Hall–Kier alpha value is -7.98. The van der Waals surface area contributed by atoms with Crippen LogP contribution in [0.2, 0.25) is 0 Å². The molecule has 72 heavy (non-hydrogen) atoms. The van der Waals surface area contributed by atoms with Crippen LogP contribution in [0, 0.1) is 17.8 Å². The molecule has 362 valence electrons. The maximum Gasteiger partial charge on any atom is 0.329 e. The number of imide groups is 1. The molecule has 4 heterocycles. The molecule has 1 spiro atoms. The third-order valence-electron chi connectivity index (χ3n) is 15.0. The predicted octanol–water partition coefficient (Wildman–Crippen LogP) is 9.86. The first-order chi connectivity index (χ1) is 35.2. The second-order valence-corrected chi connectivity index (χ2v) is 19.2. The standard InChI is InChI=1S/C60H55N5O7/c1-39(42-16-8-3-9-17-42)61-59(70)64-50-33-24-41(23-22-40-14-6-2-7-15-40)38-49(50)60(58(64)69)51(56(67)62-46-27-29-47(30-28-46)63-34-36-71-37-35-63)53-57(68)72-54(44-20-12-5-13-21-44)52(43-18-10-4-11-19-43)65(53)55(60)45-25-31-48(66)32-26-45/h3-5,8-14,16-21,24-33,38-39,51-55,66H,2,6-7,15,34-37H2,1H3,(H,61,70)(H,62,67)/t39-,51-,52-,53-,54+,55+,60-/m1/s1. The number of morpholine rings is 2. The highest BCUT2D eigenvalue weighted by molar-refractivity contribution is 6.25. The van der Waals surface area contributed by atoms with Crippen LogP contribution in [0.1, 0.15) is 90.2 Å². The lowest BCUT2D eigenvalue weighted by Gasteiger charge is -2.46. The molecule has 12 nitrogen and oxygen atoms in total. The summed E-state index contributed by atoms with van der Waals surface area (Å²) in [7, 11) is 0. The van der Waals surface area contributed by atoms with Gasteiger partial charge in [-0.05, 0) is 121 Å². The lowest BCUT2D eigenvalue weighted by atomic mass is 9.65. The molecule has 0 unspecified atom stereocenters. The van der Waals surface area contributed by atoms with E-state index in [1.165, 1.54) is 0 Å². The zero-order chi connectivity index (χ0) is 49.3. The van der Waals surface area contributed by atoms with E-state index in [2.05, 4.69) is 33.5 Å². The first-order valence-corrected chi connectivity index (χ1v) is 24.9. The van der Waals surface area contributed by atoms with Gasteiger partial charge in [0.1, 0.15) is 23.3 Å². The number of ether oxygens (including phenoxy) is 2. The highest BCUT2D eigenvalue weighted by atomic mass is 16.6.